The van der Waals surface area contributed by atoms with Crippen molar-refractivity contribution in [2.45, 2.75) is 215 Å². The Labute approximate surface area is 305 Å². The third-order valence-corrected chi connectivity index (χ3v) is 14.7. The molecule has 0 radical (unpaired) electrons. The van der Waals surface area contributed by atoms with E-state index in [1.807, 2.05) is 0 Å². The van der Waals surface area contributed by atoms with E-state index in [0.717, 1.165) is 73.5 Å². The van der Waals surface area contributed by atoms with Crippen molar-refractivity contribution < 1.29 is 14.3 Å². The van der Waals surface area contributed by atoms with Crippen molar-refractivity contribution >= 4 is 6.16 Å². The Bertz CT molecular complexity index is 983. The second-order valence-electron chi connectivity index (χ2n) is 19.1. The standard InChI is InChI=1S/C46H82O3/c1-35(2)22-19-17-15-13-11-9-8-10-12-14-16-18-20-33-48-44(47)49-39-29-31-45(6)38(34-39)25-26-40-42-28-27-41(37(5)24-21-23-36(3)4)46(42,7)32-30-43(40)45/h25,35-37,39-43H,8-24,26-34H2,1-7H3/t37-,39-,40+,41-,42+,43+,45+,46-/m1/s1. The van der Waals surface area contributed by atoms with Crippen molar-refractivity contribution in [2.75, 3.05) is 6.61 Å². The first-order valence-corrected chi connectivity index (χ1v) is 22.1. The van der Waals surface area contributed by atoms with Gasteiger partial charge in [0.2, 0.25) is 0 Å². The van der Waals surface area contributed by atoms with Crippen LogP contribution in [0.2, 0.25) is 0 Å². The van der Waals surface area contributed by atoms with Gasteiger partial charge in [-0.15, -0.1) is 0 Å². The molecular weight excluding hydrogens is 601 g/mol. The summed E-state index contributed by atoms with van der Waals surface area (Å²) in [5, 5.41) is 0. The number of fused-ring (bicyclic) bond motifs is 5. The molecule has 0 spiro atoms. The van der Waals surface area contributed by atoms with Crippen molar-refractivity contribution in [3.05, 3.63) is 11.6 Å². The maximum absolute atomic E-state index is 12.6. The number of hydrogen-bond donors (Lipinski definition) is 0. The molecule has 3 nitrogen and oxygen atoms in total. The van der Waals surface area contributed by atoms with Crippen LogP contribution in [0.3, 0.4) is 0 Å². The normalized spacial score (nSPS) is 31.6. The highest BCUT2D eigenvalue weighted by Gasteiger charge is 2.59. The predicted octanol–water partition coefficient (Wildman–Crippen LogP) is 14.7. The van der Waals surface area contributed by atoms with Gasteiger partial charge in [0.15, 0.2) is 0 Å². The van der Waals surface area contributed by atoms with E-state index in [1.54, 1.807) is 5.57 Å². The highest BCUT2D eigenvalue weighted by molar-refractivity contribution is 5.60. The molecule has 0 bridgehead atoms. The Morgan fingerprint density at radius 3 is 1.92 bits per heavy atom. The highest BCUT2D eigenvalue weighted by Crippen LogP contribution is 2.67. The number of unbranched alkanes of at least 4 members (excludes halogenated alkanes) is 12. The third-order valence-electron chi connectivity index (χ3n) is 14.7. The lowest BCUT2D eigenvalue weighted by Crippen LogP contribution is -2.51. The van der Waals surface area contributed by atoms with Crippen molar-refractivity contribution in [2.24, 2.45) is 52.3 Å². The summed E-state index contributed by atoms with van der Waals surface area (Å²) in [4.78, 5) is 12.6. The maximum Gasteiger partial charge on any atom is 0.508 e. The molecule has 0 N–H and O–H groups in total. The largest absolute Gasteiger partial charge is 0.508 e. The Kier molecular flexibility index (Phi) is 16.9. The fourth-order valence-corrected chi connectivity index (χ4v) is 11.7. The van der Waals surface area contributed by atoms with Gasteiger partial charge in [-0.3, -0.25) is 0 Å². The molecule has 0 aromatic carbocycles. The fraction of sp³-hybridized carbons (Fsp3) is 0.935. The number of allylic oxidation sites excluding steroid dienone is 1. The summed E-state index contributed by atoms with van der Waals surface area (Å²) in [5.74, 6) is 6.03. The van der Waals surface area contributed by atoms with E-state index in [4.69, 9.17) is 9.47 Å². The summed E-state index contributed by atoms with van der Waals surface area (Å²) < 4.78 is 11.5. The number of ether oxygens (including phenoxy) is 2. The molecule has 3 fully saturated rings. The molecule has 284 valence electrons. The van der Waals surface area contributed by atoms with Gasteiger partial charge in [0.05, 0.1) is 6.61 Å². The Morgan fingerprint density at radius 1 is 0.694 bits per heavy atom. The second kappa shape index (κ2) is 20.3. The first kappa shape index (κ1) is 40.8. The lowest BCUT2D eigenvalue weighted by Gasteiger charge is -2.58. The minimum Gasteiger partial charge on any atom is -0.434 e. The fourth-order valence-electron chi connectivity index (χ4n) is 11.7. The Morgan fingerprint density at radius 2 is 1.29 bits per heavy atom. The monoisotopic (exact) mass is 683 g/mol. The lowest BCUT2D eigenvalue weighted by atomic mass is 9.47. The summed E-state index contributed by atoms with van der Waals surface area (Å²) in [6.07, 6.45) is 35.2. The molecule has 4 aliphatic carbocycles. The van der Waals surface area contributed by atoms with Crippen LogP contribution in [-0.2, 0) is 9.47 Å². The molecule has 49 heavy (non-hydrogen) atoms. The van der Waals surface area contributed by atoms with Gasteiger partial charge in [0, 0.05) is 6.42 Å². The van der Waals surface area contributed by atoms with Crippen LogP contribution in [0, 0.1) is 52.3 Å². The molecular formula is C46H82O3. The molecule has 8 atom stereocenters. The maximum atomic E-state index is 12.6. The van der Waals surface area contributed by atoms with Crippen molar-refractivity contribution in [1.29, 1.82) is 0 Å². The van der Waals surface area contributed by atoms with Crippen molar-refractivity contribution in [3.63, 3.8) is 0 Å². The molecule has 4 rings (SSSR count). The van der Waals surface area contributed by atoms with Crippen LogP contribution in [0.1, 0.15) is 209 Å². The van der Waals surface area contributed by atoms with Crippen LogP contribution in [0.15, 0.2) is 11.6 Å². The van der Waals surface area contributed by atoms with Crippen LogP contribution in [0.4, 0.5) is 4.79 Å². The van der Waals surface area contributed by atoms with Crippen LogP contribution in [0.5, 0.6) is 0 Å². The van der Waals surface area contributed by atoms with E-state index in [2.05, 4.69) is 54.5 Å². The molecule has 0 amide bonds. The SMILES string of the molecule is CC(C)CCCCCCCCCCCCCCCOC(=O)O[C@@H]1CC[C@@]2(C)C(=CC[C@H]3[C@@H]4CC[C@H]([C@H](C)CCCC(C)C)[C@@]4(C)CC[C@@H]32)C1. The van der Waals surface area contributed by atoms with Crippen molar-refractivity contribution in [3.8, 4) is 0 Å². The molecule has 4 aliphatic rings. The molecule has 0 aromatic heterocycles. The van der Waals surface area contributed by atoms with E-state index in [-0.39, 0.29) is 6.10 Å². The summed E-state index contributed by atoms with van der Waals surface area (Å²) in [5.41, 5.74) is 2.42. The van der Waals surface area contributed by atoms with Gasteiger partial charge >= 0.3 is 6.16 Å². The average molecular weight is 683 g/mol. The summed E-state index contributed by atoms with van der Waals surface area (Å²) in [7, 11) is 0. The molecule has 0 unspecified atom stereocenters. The topological polar surface area (TPSA) is 35.5 Å². The van der Waals surface area contributed by atoms with Gasteiger partial charge in [-0.25, -0.2) is 4.79 Å². The molecule has 3 heteroatoms. The molecule has 0 heterocycles. The van der Waals surface area contributed by atoms with Crippen molar-refractivity contribution in [1.82, 2.24) is 0 Å². The summed E-state index contributed by atoms with van der Waals surface area (Å²) >= 11 is 0. The zero-order chi connectivity index (χ0) is 35.3. The van der Waals surface area contributed by atoms with Gasteiger partial charge in [0.25, 0.3) is 0 Å². The third kappa shape index (κ3) is 11.8. The number of rotatable bonds is 22. The van der Waals surface area contributed by atoms with Gasteiger partial charge < -0.3 is 9.47 Å². The van der Waals surface area contributed by atoms with E-state index in [0.29, 0.717) is 17.4 Å². The minimum absolute atomic E-state index is 0.00958. The van der Waals surface area contributed by atoms with Crippen LogP contribution < -0.4 is 0 Å². The van der Waals surface area contributed by atoms with Crippen LogP contribution >= 0.6 is 0 Å². The second-order valence-corrected chi connectivity index (χ2v) is 19.1. The van der Waals surface area contributed by atoms with Crippen LogP contribution in [-0.4, -0.2) is 18.9 Å². The zero-order valence-electron chi connectivity index (χ0n) is 33.8. The average Bonchev–Trinajstić information content (AvgIpc) is 3.41. The van der Waals surface area contributed by atoms with Gasteiger partial charge in [0.1, 0.15) is 6.10 Å². The van der Waals surface area contributed by atoms with Gasteiger partial charge in [-0.05, 0) is 104 Å². The quantitative estimate of drug-likeness (QED) is 0.0648. The van der Waals surface area contributed by atoms with E-state index >= 15 is 0 Å². The smallest absolute Gasteiger partial charge is 0.434 e. The summed E-state index contributed by atoms with van der Waals surface area (Å²) in [6, 6.07) is 0. The number of hydrogen-bond acceptors (Lipinski definition) is 3. The number of carbonyl (C=O) groups is 1. The van der Waals surface area contributed by atoms with E-state index in [1.165, 1.54) is 128 Å². The summed E-state index contributed by atoms with van der Waals surface area (Å²) in [6.45, 7) is 17.8. The van der Waals surface area contributed by atoms with Crippen LogP contribution in [0.25, 0.3) is 0 Å². The molecule has 0 saturated heterocycles. The zero-order valence-corrected chi connectivity index (χ0v) is 33.8. The van der Waals surface area contributed by atoms with E-state index in [9.17, 15) is 4.79 Å². The van der Waals surface area contributed by atoms with Gasteiger partial charge in [-0.1, -0.05) is 163 Å². The Hall–Kier alpha value is -0.990. The molecule has 3 saturated carbocycles. The molecule has 0 aromatic rings. The Balaban J connectivity index is 1.07. The number of carbonyl (C=O) groups excluding carboxylic acids is 1. The highest BCUT2D eigenvalue weighted by atomic mass is 16.7. The lowest BCUT2D eigenvalue weighted by molar-refractivity contribution is -0.0617. The predicted molar refractivity (Wildman–Crippen MR) is 209 cm³/mol. The van der Waals surface area contributed by atoms with Gasteiger partial charge in [-0.2, -0.15) is 0 Å². The molecule has 0 aliphatic heterocycles. The minimum atomic E-state index is -0.434. The first-order valence-electron chi connectivity index (χ1n) is 22.1. The first-order chi connectivity index (χ1) is 23.5. The van der Waals surface area contributed by atoms with E-state index < -0.39 is 6.16 Å².